The summed E-state index contributed by atoms with van der Waals surface area (Å²) in [5.74, 6) is 0.376. The Morgan fingerprint density at radius 1 is 0.903 bits per heavy atom. The zero-order valence-corrected chi connectivity index (χ0v) is 18.2. The van der Waals surface area contributed by atoms with Crippen LogP contribution in [0.2, 0.25) is 0 Å². The molecule has 0 atom stereocenters. The molecule has 1 aliphatic rings. The molecule has 1 saturated heterocycles. The van der Waals surface area contributed by atoms with Crippen LogP contribution in [0, 0.1) is 0 Å². The highest BCUT2D eigenvalue weighted by atomic mass is 32.2. The Morgan fingerprint density at radius 2 is 1.55 bits per heavy atom. The van der Waals surface area contributed by atoms with Gasteiger partial charge in [0.05, 0.1) is 30.4 Å². The number of anilines is 1. The van der Waals surface area contributed by atoms with E-state index in [4.69, 9.17) is 9.47 Å². The number of carbonyl (C=O) groups excluding carboxylic acids is 1. The summed E-state index contributed by atoms with van der Waals surface area (Å²) in [5, 5.41) is 4.64. The molecular weight excluding hydrogens is 416 g/mol. The first-order valence-corrected chi connectivity index (χ1v) is 11.4. The average Bonchev–Trinajstić information content (AvgIpc) is 3.34. The van der Waals surface area contributed by atoms with E-state index in [1.165, 1.54) is 30.7 Å². The van der Waals surface area contributed by atoms with Gasteiger partial charge in [-0.15, -0.1) is 0 Å². The summed E-state index contributed by atoms with van der Waals surface area (Å²) in [6.45, 7) is 1.01. The van der Waals surface area contributed by atoms with E-state index in [0.717, 1.165) is 23.6 Å². The highest BCUT2D eigenvalue weighted by Crippen LogP contribution is 2.32. The molecule has 3 aromatic rings. The number of carbonyl (C=O) groups is 1. The number of sulfonamides is 1. The number of nitrogens with one attached hydrogen (secondary N) is 1. The first-order valence-electron chi connectivity index (χ1n) is 10.0. The van der Waals surface area contributed by atoms with E-state index < -0.39 is 15.9 Å². The van der Waals surface area contributed by atoms with Gasteiger partial charge < -0.3 is 14.8 Å². The lowest BCUT2D eigenvalue weighted by molar-refractivity contribution is 0.102. The minimum absolute atomic E-state index is 0.121. The van der Waals surface area contributed by atoms with Crippen LogP contribution in [-0.4, -0.2) is 45.9 Å². The van der Waals surface area contributed by atoms with Gasteiger partial charge in [-0.05, 0) is 53.9 Å². The molecule has 0 saturated carbocycles. The minimum atomic E-state index is -3.63. The maximum atomic E-state index is 13.1. The Kier molecular flexibility index (Phi) is 5.84. The highest BCUT2D eigenvalue weighted by molar-refractivity contribution is 7.89. The average molecular weight is 441 g/mol. The Balaban J connectivity index is 1.70. The third-order valence-electron chi connectivity index (χ3n) is 5.43. The monoisotopic (exact) mass is 440 g/mol. The molecule has 3 aromatic carbocycles. The molecular formula is C23H24N2O5S. The Hall–Kier alpha value is -3.10. The first-order chi connectivity index (χ1) is 14.9. The summed E-state index contributed by atoms with van der Waals surface area (Å²) >= 11 is 0. The summed E-state index contributed by atoms with van der Waals surface area (Å²) in [5.41, 5.74) is 0.624. The highest BCUT2D eigenvalue weighted by Gasteiger charge is 2.28. The van der Waals surface area contributed by atoms with Crippen molar-refractivity contribution in [3.05, 3.63) is 60.2 Å². The van der Waals surface area contributed by atoms with Crippen LogP contribution >= 0.6 is 0 Å². The number of methoxy groups -OCH3 is 2. The number of ether oxygens (including phenoxy) is 2. The van der Waals surface area contributed by atoms with Gasteiger partial charge in [0.1, 0.15) is 11.5 Å². The van der Waals surface area contributed by atoms with Crippen LogP contribution in [-0.2, 0) is 10.0 Å². The quantitative estimate of drug-likeness (QED) is 0.629. The van der Waals surface area contributed by atoms with Gasteiger partial charge in [0.2, 0.25) is 10.0 Å². The molecule has 8 heteroatoms. The van der Waals surface area contributed by atoms with Crippen molar-refractivity contribution in [2.75, 3.05) is 32.6 Å². The Bertz CT molecular complexity index is 1230. The van der Waals surface area contributed by atoms with E-state index >= 15 is 0 Å². The predicted molar refractivity (Wildman–Crippen MR) is 119 cm³/mol. The van der Waals surface area contributed by atoms with Crippen LogP contribution in [0.3, 0.4) is 0 Å². The van der Waals surface area contributed by atoms with E-state index in [1.807, 2.05) is 24.3 Å². The molecule has 1 N–H and O–H groups in total. The molecule has 0 bridgehead atoms. The molecule has 1 fully saturated rings. The van der Waals surface area contributed by atoms with E-state index in [2.05, 4.69) is 5.32 Å². The fourth-order valence-electron chi connectivity index (χ4n) is 3.78. The number of hydrogen-bond acceptors (Lipinski definition) is 5. The van der Waals surface area contributed by atoms with Gasteiger partial charge in [0.15, 0.2) is 0 Å². The molecule has 4 rings (SSSR count). The number of rotatable bonds is 6. The standard InChI is InChI=1S/C23H24N2O5S/c1-29-21-10-9-18(31(27,28)25-11-5-6-12-25)15-20(21)24-23(26)19-13-16-7-3-4-8-17(16)14-22(19)30-2/h3-4,7-10,13-15H,5-6,11-12H2,1-2H3,(H,24,26). The Labute approximate surface area is 181 Å². The van der Waals surface area contributed by atoms with Crippen molar-refractivity contribution in [1.29, 1.82) is 0 Å². The van der Waals surface area contributed by atoms with Gasteiger partial charge in [-0.25, -0.2) is 8.42 Å². The van der Waals surface area contributed by atoms with Crippen LogP contribution in [0.5, 0.6) is 11.5 Å². The summed E-state index contributed by atoms with van der Waals surface area (Å²) < 4.78 is 38.1. The lowest BCUT2D eigenvalue weighted by Crippen LogP contribution is -2.28. The molecule has 0 unspecified atom stereocenters. The molecule has 1 amide bonds. The van der Waals surface area contributed by atoms with Crippen molar-refractivity contribution in [2.24, 2.45) is 0 Å². The molecule has 7 nitrogen and oxygen atoms in total. The second-order valence-corrected chi connectivity index (χ2v) is 9.26. The van der Waals surface area contributed by atoms with Gasteiger partial charge in [-0.3, -0.25) is 4.79 Å². The van der Waals surface area contributed by atoms with Gasteiger partial charge in [-0.1, -0.05) is 24.3 Å². The number of nitrogens with zero attached hydrogens (tertiary/aromatic N) is 1. The van der Waals surface area contributed by atoms with Crippen molar-refractivity contribution in [1.82, 2.24) is 4.31 Å². The molecule has 31 heavy (non-hydrogen) atoms. The van der Waals surface area contributed by atoms with Gasteiger partial charge in [0, 0.05) is 13.1 Å². The minimum Gasteiger partial charge on any atom is -0.496 e. The fourth-order valence-corrected chi connectivity index (χ4v) is 5.32. The van der Waals surface area contributed by atoms with Crippen LogP contribution in [0.25, 0.3) is 10.8 Å². The Morgan fingerprint density at radius 3 is 2.19 bits per heavy atom. The maximum absolute atomic E-state index is 13.1. The molecule has 1 heterocycles. The summed E-state index contributed by atoms with van der Waals surface area (Å²) in [7, 11) is -0.653. The smallest absolute Gasteiger partial charge is 0.259 e. The lowest BCUT2D eigenvalue weighted by atomic mass is 10.1. The molecule has 1 aliphatic heterocycles. The molecule has 0 aromatic heterocycles. The fraction of sp³-hybridized carbons (Fsp3) is 0.261. The van der Waals surface area contributed by atoms with Crippen molar-refractivity contribution in [3.8, 4) is 11.5 Å². The predicted octanol–water partition coefficient (Wildman–Crippen LogP) is 3.89. The second kappa shape index (κ2) is 8.56. The summed E-state index contributed by atoms with van der Waals surface area (Å²) in [6.07, 6.45) is 1.70. The third-order valence-corrected chi connectivity index (χ3v) is 7.33. The number of hydrogen-bond donors (Lipinski definition) is 1. The van der Waals surface area contributed by atoms with E-state index in [1.54, 1.807) is 18.2 Å². The van der Waals surface area contributed by atoms with Crippen LogP contribution in [0.15, 0.2) is 59.5 Å². The van der Waals surface area contributed by atoms with Crippen molar-refractivity contribution < 1.29 is 22.7 Å². The first kappa shape index (κ1) is 21.1. The van der Waals surface area contributed by atoms with Crippen LogP contribution in [0.1, 0.15) is 23.2 Å². The molecule has 0 aliphatic carbocycles. The number of amides is 1. The van der Waals surface area contributed by atoms with E-state index in [0.29, 0.717) is 30.2 Å². The van der Waals surface area contributed by atoms with E-state index in [9.17, 15) is 13.2 Å². The van der Waals surface area contributed by atoms with Crippen LogP contribution in [0.4, 0.5) is 5.69 Å². The SMILES string of the molecule is COc1ccc(S(=O)(=O)N2CCCC2)cc1NC(=O)c1cc2ccccc2cc1OC. The summed E-state index contributed by atoms with van der Waals surface area (Å²) in [4.78, 5) is 13.2. The third kappa shape index (κ3) is 4.08. The van der Waals surface area contributed by atoms with Gasteiger partial charge in [0.25, 0.3) is 5.91 Å². The van der Waals surface area contributed by atoms with Crippen molar-refractivity contribution in [2.45, 2.75) is 17.7 Å². The zero-order chi connectivity index (χ0) is 22.0. The topological polar surface area (TPSA) is 84.9 Å². The normalized spacial score (nSPS) is 14.5. The van der Waals surface area contributed by atoms with E-state index in [-0.39, 0.29) is 10.6 Å². The largest absolute Gasteiger partial charge is 0.496 e. The lowest BCUT2D eigenvalue weighted by Gasteiger charge is -2.18. The van der Waals surface area contributed by atoms with Crippen molar-refractivity contribution in [3.63, 3.8) is 0 Å². The van der Waals surface area contributed by atoms with Crippen molar-refractivity contribution >= 4 is 32.4 Å². The number of benzene rings is 3. The van der Waals surface area contributed by atoms with Gasteiger partial charge in [-0.2, -0.15) is 4.31 Å². The second-order valence-electron chi connectivity index (χ2n) is 7.33. The molecule has 162 valence electrons. The molecule has 0 spiro atoms. The van der Waals surface area contributed by atoms with Crippen LogP contribution < -0.4 is 14.8 Å². The van der Waals surface area contributed by atoms with Gasteiger partial charge >= 0.3 is 0 Å². The zero-order valence-electron chi connectivity index (χ0n) is 17.4. The summed E-state index contributed by atoms with van der Waals surface area (Å²) in [6, 6.07) is 15.7. The number of fused-ring (bicyclic) bond motifs is 1. The molecule has 0 radical (unpaired) electrons. The maximum Gasteiger partial charge on any atom is 0.259 e.